The zero-order valence-corrected chi connectivity index (χ0v) is 14.5. The molecule has 6 heteroatoms. The third kappa shape index (κ3) is 4.14. The summed E-state index contributed by atoms with van der Waals surface area (Å²) in [5.41, 5.74) is 2.10. The average molecular weight is 342 g/mol. The maximum atomic E-state index is 11.9. The normalized spacial score (nSPS) is 17.1. The molecule has 1 unspecified atom stereocenters. The molecule has 24 heavy (non-hydrogen) atoms. The number of fused-ring (bicyclic) bond motifs is 1. The van der Waals surface area contributed by atoms with Gasteiger partial charge < -0.3 is 16.0 Å². The van der Waals surface area contributed by atoms with Gasteiger partial charge in [-0.3, -0.25) is 4.79 Å². The van der Waals surface area contributed by atoms with Gasteiger partial charge in [-0.25, -0.2) is 4.99 Å². The Labute approximate surface area is 146 Å². The number of para-hydroxylation sites is 1. The molecule has 0 saturated heterocycles. The second-order valence-corrected chi connectivity index (χ2v) is 6.72. The zero-order chi connectivity index (χ0) is 16.8. The summed E-state index contributed by atoms with van der Waals surface area (Å²) in [6.45, 7) is 4.19. The Morgan fingerprint density at radius 3 is 2.96 bits per heavy atom. The lowest BCUT2D eigenvalue weighted by molar-refractivity contribution is -0.116. The van der Waals surface area contributed by atoms with Gasteiger partial charge in [-0.15, -0.1) is 11.3 Å². The summed E-state index contributed by atoms with van der Waals surface area (Å²) in [5, 5.41) is 11.6. The van der Waals surface area contributed by atoms with Crippen LogP contribution in [0.5, 0.6) is 0 Å². The van der Waals surface area contributed by atoms with E-state index in [1.165, 1.54) is 10.4 Å². The minimum atomic E-state index is 0.0704. The van der Waals surface area contributed by atoms with Crippen LogP contribution in [0.1, 0.15) is 29.7 Å². The Kier molecular flexibility index (Phi) is 5.48. The van der Waals surface area contributed by atoms with E-state index in [0.29, 0.717) is 19.5 Å². The lowest BCUT2D eigenvalue weighted by Crippen LogP contribution is -2.40. The molecule has 1 amide bonds. The summed E-state index contributed by atoms with van der Waals surface area (Å²) in [6, 6.07) is 12.1. The van der Waals surface area contributed by atoms with Gasteiger partial charge in [-0.1, -0.05) is 24.3 Å². The monoisotopic (exact) mass is 342 g/mol. The van der Waals surface area contributed by atoms with Gasteiger partial charge in [0.15, 0.2) is 5.96 Å². The number of thiophene rings is 1. The number of guanidine groups is 1. The molecule has 5 nitrogen and oxygen atoms in total. The number of amides is 1. The highest BCUT2D eigenvalue weighted by Gasteiger charge is 2.24. The molecule has 1 aliphatic heterocycles. The van der Waals surface area contributed by atoms with E-state index in [4.69, 9.17) is 0 Å². The van der Waals surface area contributed by atoms with Gasteiger partial charge in [0.25, 0.3) is 0 Å². The van der Waals surface area contributed by atoms with Crippen molar-refractivity contribution in [1.29, 1.82) is 0 Å². The maximum Gasteiger partial charge on any atom is 0.225 e. The van der Waals surface area contributed by atoms with E-state index in [2.05, 4.69) is 38.5 Å². The van der Waals surface area contributed by atoms with Gasteiger partial charge in [-0.2, -0.15) is 0 Å². The van der Waals surface area contributed by atoms with Gasteiger partial charge in [-0.05, 0) is 30.0 Å². The quantitative estimate of drug-likeness (QED) is 0.578. The van der Waals surface area contributed by atoms with Crippen LogP contribution < -0.4 is 16.0 Å². The minimum absolute atomic E-state index is 0.0704. The molecule has 1 atom stereocenters. The fraction of sp³-hybridized carbons (Fsp3) is 0.333. The van der Waals surface area contributed by atoms with Crippen LogP contribution in [-0.2, 0) is 11.3 Å². The number of rotatable bonds is 5. The second-order valence-electron chi connectivity index (χ2n) is 5.69. The fourth-order valence-corrected chi connectivity index (χ4v) is 3.43. The number of nitrogens with zero attached hydrogens (tertiary/aromatic N) is 1. The Morgan fingerprint density at radius 2 is 2.17 bits per heavy atom. The molecule has 3 N–H and O–H groups in total. The molecule has 1 aromatic heterocycles. The van der Waals surface area contributed by atoms with E-state index >= 15 is 0 Å². The van der Waals surface area contributed by atoms with E-state index in [1.807, 2.05) is 31.2 Å². The van der Waals surface area contributed by atoms with Crippen molar-refractivity contribution in [3.63, 3.8) is 0 Å². The molecule has 2 heterocycles. The lowest BCUT2D eigenvalue weighted by Gasteiger charge is -2.26. The van der Waals surface area contributed by atoms with Crippen molar-refractivity contribution in [2.45, 2.75) is 25.8 Å². The van der Waals surface area contributed by atoms with Gasteiger partial charge in [0.2, 0.25) is 5.91 Å². The molecule has 126 valence electrons. The molecule has 0 aliphatic carbocycles. The molecule has 3 rings (SSSR count). The van der Waals surface area contributed by atoms with Crippen LogP contribution in [0.3, 0.4) is 0 Å². The number of anilines is 1. The number of hydrogen-bond acceptors (Lipinski definition) is 3. The van der Waals surface area contributed by atoms with Crippen LogP contribution in [0.15, 0.2) is 46.8 Å². The molecule has 1 aromatic carbocycles. The predicted molar refractivity (Wildman–Crippen MR) is 99.6 cm³/mol. The van der Waals surface area contributed by atoms with Crippen LogP contribution in [-0.4, -0.2) is 25.0 Å². The zero-order valence-electron chi connectivity index (χ0n) is 13.7. The topological polar surface area (TPSA) is 65.5 Å². The van der Waals surface area contributed by atoms with Gasteiger partial charge in [0, 0.05) is 36.0 Å². The Balaban J connectivity index is 1.66. The molecule has 0 spiro atoms. The van der Waals surface area contributed by atoms with Gasteiger partial charge in [0.1, 0.15) is 0 Å². The summed E-state index contributed by atoms with van der Waals surface area (Å²) >= 11 is 1.70. The highest BCUT2D eigenvalue weighted by atomic mass is 32.1. The van der Waals surface area contributed by atoms with Crippen molar-refractivity contribution in [3.8, 4) is 0 Å². The molecular formula is C18H22N4OS. The predicted octanol–water partition coefficient (Wildman–Crippen LogP) is 2.93. The first-order valence-electron chi connectivity index (χ1n) is 8.19. The van der Waals surface area contributed by atoms with Crippen LogP contribution in [0, 0.1) is 0 Å². The Morgan fingerprint density at radius 1 is 1.29 bits per heavy atom. The standard InChI is InChI=1S/C18H22N4OS/c1-2-19-18(21-12-14-6-5-9-24-14)20-11-13-10-17(23)22-16-8-4-3-7-15(13)16/h3-9,13H,2,10-12H2,1H3,(H,22,23)(H2,19,20,21). The van der Waals surface area contributed by atoms with Crippen molar-refractivity contribution < 1.29 is 4.79 Å². The molecule has 1 aliphatic rings. The average Bonchev–Trinajstić information content (AvgIpc) is 3.10. The largest absolute Gasteiger partial charge is 0.357 e. The summed E-state index contributed by atoms with van der Waals surface area (Å²) in [4.78, 5) is 17.8. The van der Waals surface area contributed by atoms with Crippen molar-refractivity contribution in [1.82, 2.24) is 10.6 Å². The van der Waals surface area contributed by atoms with Crippen LogP contribution in [0.2, 0.25) is 0 Å². The summed E-state index contributed by atoms with van der Waals surface area (Å²) in [6.07, 6.45) is 0.494. The van der Waals surface area contributed by atoms with Crippen molar-refractivity contribution in [2.75, 3.05) is 18.4 Å². The van der Waals surface area contributed by atoms with E-state index in [9.17, 15) is 4.79 Å². The molecule has 0 radical (unpaired) electrons. The van der Waals surface area contributed by atoms with E-state index in [1.54, 1.807) is 11.3 Å². The van der Waals surface area contributed by atoms with E-state index in [0.717, 1.165) is 18.2 Å². The first kappa shape index (κ1) is 16.5. The Hall–Kier alpha value is -2.34. The van der Waals surface area contributed by atoms with E-state index in [-0.39, 0.29) is 11.8 Å². The third-order valence-corrected chi connectivity index (χ3v) is 4.80. The number of carbonyl (C=O) groups excluding carboxylic acids is 1. The van der Waals surface area contributed by atoms with Crippen LogP contribution in [0.25, 0.3) is 0 Å². The minimum Gasteiger partial charge on any atom is -0.357 e. The molecular weight excluding hydrogens is 320 g/mol. The van der Waals surface area contributed by atoms with Crippen molar-refractivity contribution in [3.05, 3.63) is 52.2 Å². The lowest BCUT2D eigenvalue weighted by atomic mass is 9.90. The molecule has 0 saturated carbocycles. The van der Waals surface area contributed by atoms with Gasteiger partial charge in [0.05, 0.1) is 6.54 Å². The first-order chi connectivity index (χ1) is 11.8. The summed E-state index contributed by atoms with van der Waals surface area (Å²) in [7, 11) is 0. The second kappa shape index (κ2) is 7.97. The van der Waals surface area contributed by atoms with Crippen LogP contribution >= 0.6 is 11.3 Å². The summed E-state index contributed by atoms with van der Waals surface area (Å²) in [5.74, 6) is 1.01. The number of aliphatic imine (C=N–C) groups is 1. The summed E-state index contributed by atoms with van der Waals surface area (Å²) < 4.78 is 0. The Bertz CT molecular complexity index is 712. The maximum absolute atomic E-state index is 11.9. The highest BCUT2D eigenvalue weighted by Crippen LogP contribution is 2.31. The molecule has 0 fully saturated rings. The van der Waals surface area contributed by atoms with Crippen LogP contribution in [0.4, 0.5) is 5.69 Å². The molecule has 0 bridgehead atoms. The smallest absolute Gasteiger partial charge is 0.225 e. The third-order valence-electron chi connectivity index (χ3n) is 3.94. The van der Waals surface area contributed by atoms with Crippen molar-refractivity contribution >= 4 is 28.9 Å². The highest BCUT2D eigenvalue weighted by molar-refractivity contribution is 7.09. The first-order valence-corrected chi connectivity index (χ1v) is 9.07. The van der Waals surface area contributed by atoms with Crippen molar-refractivity contribution in [2.24, 2.45) is 4.99 Å². The molecule has 2 aromatic rings. The van der Waals surface area contributed by atoms with Gasteiger partial charge >= 0.3 is 0 Å². The number of nitrogens with one attached hydrogen (secondary N) is 3. The SMILES string of the molecule is CCNC(=NCc1cccs1)NCC1CC(=O)Nc2ccccc21. The number of carbonyl (C=O) groups is 1. The van der Waals surface area contributed by atoms with E-state index < -0.39 is 0 Å². The number of benzene rings is 1. The number of hydrogen-bond donors (Lipinski definition) is 3. The fourth-order valence-electron chi connectivity index (χ4n) is 2.81.